The molecule has 1 aliphatic heterocycles. The summed E-state index contributed by atoms with van der Waals surface area (Å²) in [6, 6.07) is -0.0528. The van der Waals surface area contributed by atoms with Gasteiger partial charge >= 0.3 is 0 Å². The van der Waals surface area contributed by atoms with Crippen molar-refractivity contribution in [2.45, 2.75) is 45.8 Å². The van der Waals surface area contributed by atoms with Crippen LogP contribution in [0.25, 0.3) is 0 Å². The Hall–Kier alpha value is -0.120. The van der Waals surface area contributed by atoms with Gasteiger partial charge in [-0.1, -0.05) is 20.8 Å². The van der Waals surface area contributed by atoms with Crippen LogP contribution in [-0.2, 0) is 0 Å². The van der Waals surface area contributed by atoms with E-state index in [4.69, 9.17) is 0 Å². The lowest BCUT2D eigenvalue weighted by Gasteiger charge is -2.41. The number of nitrogens with zero attached hydrogens (tertiary/aromatic N) is 1. The van der Waals surface area contributed by atoms with E-state index in [0.717, 1.165) is 25.9 Å². The van der Waals surface area contributed by atoms with Crippen molar-refractivity contribution < 1.29 is 10.2 Å². The van der Waals surface area contributed by atoms with Crippen LogP contribution in [0.4, 0.5) is 0 Å². The highest BCUT2D eigenvalue weighted by Gasteiger charge is 2.31. The predicted octanol–water partition coefficient (Wildman–Crippen LogP) is 0.850. The Morgan fingerprint density at radius 2 is 2.00 bits per heavy atom. The second-order valence-electron chi connectivity index (χ2n) is 5.49. The van der Waals surface area contributed by atoms with Gasteiger partial charge in [0, 0.05) is 6.54 Å². The van der Waals surface area contributed by atoms with Crippen LogP contribution >= 0.6 is 0 Å². The second kappa shape index (κ2) is 4.60. The van der Waals surface area contributed by atoms with E-state index in [9.17, 15) is 10.2 Å². The molecule has 2 atom stereocenters. The van der Waals surface area contributed by atoms with Crippen LogP contribution in [0, 0.1) is 5.41 Å². The highest BCUT2D eigenvalue weighted by Crippen LogP contribution is 2.23. The van der Waals surface area contributed by atoms with Crippen molar-refractivity contribution in [1.82, 2.24) is 4.90 Å². The zero-order chi connectivity index (χ0) is 10.8. The van der Waals surface area contributed by atoms with Crippen molar-refractivity contribution in [3.8, 4) is 0 Å². The Balaban J connectivity index is 2.56. The number of aliphatic hydroxyl groups excluding tert-OH is 2. The quantitative estimate of drug-likeness (QED) is 0.696. The van der Waals surface area contributed by atoms with Crippen LogP contribution in [0.15, 0.2) is 0 Å². The highest BCUT2D eigenvalue weighted by atomic mass is 16.3. The lowest BCUT2D eigenvalue weighted by atomic mass is 9.92. The molecular formula is C11H23NO2. The van der Waals surface area contributed by atoms with Crippen LogP contribution < -0.4 is 0 Å². The molecule has 0 amide bonds. The molecule has 0 spiro atoms. The van der Waals surface area contributed by atoms with E-state index in [1.165, 1.54) is 0 Å². The van der Waals surface area contributed by atoms with Gasteiger partial charge in [-0.3, -0.25) is 4.90 Å². The molecule has 0 bridgehead atoms. The average Bonchev–Trinajstić information content (AvgIpc) is 2.01. The molecule has 2 unspecified atom stereocenters. The van der Waals surface area contributed by atoms with Gasteiger partial charge in [0.25, 0.3) is 0 Å². The molecule has 84 valence electrons. The maximum absolute atomic E-state index is 9.73. The molecule has 0 aromatic heterocycles. The maximum Gasteiger partial charge on any atom is 0.0718 e. The smallest absolute Gasteiger partial charge is 0.0718 e. The first-order valence-corrected chi connectivity index (χ1v) is 5.47. The third-order valence-corrected chi connectivity index (χ3v) is 2.72. The van der Waals surface area contributed by atoms with Gasteiger partial charge in [0.05, 0.1) is 18.8 Å². The number of aliphatic hydroxyl groups is 2. The summed E-state index contributed by atoms with van der Waals surface area (Å²) in [5.41, 5.74) is 0.227. The molecule has 3 heteroatoms. The monoisotopic (exact) mass is 201 g/mol. The van der Waals surface area contributed by atoms with E-state index in [-0.39, 0.29) is 24.2 Å². The molecule has 0 saturated carbocycles. The fourth-order valence-corrected chi connectivity index (χ4v) is 2.15. The largest absolute Gasteiger partial charge is 0.395 e. The third kappa shape index (κ3) is 3.23. The minimum atomic E-state index is -0.351. The van der Waals surface area contributed by atoms with Gasteiger partial charge in [0.2, 0.25) is 0 Å². The van der Waals surface area contributed by atoms with Crippen LogP contribution in [0.3, 0.4) is 0 Å². The van der Waals surface area contributed by atoms with E-state index >= 15 is 0 Å². The molecule has 0 radical (unpaired) electrons. The fraction of sp³-hybridized carbons (Fsp3) is 1.00. The minimum Gasteiger partial charge on any atom is -0.395 e. The predicted molar refractivity (Wildman–Crippen MR) is 57.1 cm³/mol. The third-order valence-electron chi connectivity index (χ3n) is 2.72. The van der Waals surface area contributed by atoms with Crippen molar-refractivity contribution >= 4 is 0 Å². The topological polar surface area (TPSA) is 43.7 Å². The summed E-state index contributed by atoms with van der Waals surface area (Å²) in [7, 11) is 0. The van der Waals surface area contributed by atoms with Crippen molar-refractivity contribution in [3.05, 3.63) is 0 Å². The first-order chi connectivity index (χ1) is 6.44. The van der Waals surface area contributed by atoms with Crippen LogP contribution in [0.1, 0.15) is 33.6 Å². The Bertz CT molecular complexity index is 177. The Morgan fingerprint density at radius 3 is 2.50 bits per heavy atom. The van der Waals surface area contributed by atoms with Crippen molar-refractivity contribution in [2.75, 3.05) is 19.7 Å². The van der Waals surface area contributed by atoms with E-state index < -0.39 is 0 Å². The number of hydrogen-bond donors (Lipinski definition) is 2. The van der Waals surface area contributed by atoms with E-state index in [2.05, 4.69) is 25.7 Å². The molecule has 1 rings (SSSR count). The fourth-order valence-electron chi connectivity index (χ4n) is 2.15. The normalized spacial score (nSPS) is 30.6. The first kappa shape index (κ1) is 12.0. The summed E-state index contributed by atoms with van der Waals surface area (Å²) >= 11 is 0. The second-order valence-corrected chi connectivity index (χ2v) is 5.49. The number of hydrogen-bond acceptors (Lipinski definition) is 3. The van der Waals surface area contributed by atoms with E-state index in [1.807, 2.05) is 0 Å². The molecule has 3 nitrogen and oxygen atoms in total. The Kier molecular flexibility index (Phi) is 3.93. The molecule has 14 heavy (non-hydrogen) atoms. The van der Waals surface area contributed by atoms with Gasteiger partial charge in [-0.2, -0.15) is 0 Å². The molecule has 1 heterocycles. The molecule has 1 saturated heterocycles. The van der Waals surface area contributed by atoms with Gasteiger partial charge in [0.15, 0.2) is 0 Å². The van der Waals surface area contributed by atoms with E-state index in [0.29, 0.717) is 0 Å². The lowest BCUT2D eigenvalue weighted by Crippen LogP contribution is -2.52. The van der Waals surface area contributed by atoms with Crippen molar-refractivity contribution in [3.63, 3.8) is 0 Å². The lowest BCUT2D eigenvalue weighted by molar-refractivity contribution is -0.0281. The van der Waals surface area contributed by atoms with Crippen LogP contribution in [-0.4, -0.2) is 47.0 Å². The summed E-state index contributed by atoms with van der Waals surface area (Å²) in [5.74, 6) is 0. The zero-order valence-corrected chi connectivity index (χ0v) is 9.53. The molecular weight excluding hydrogens is 178 g/mol. The number of rotatable bonds is 2. The molecule has 1 aliphatic rings. The van der Waals surface area contributed by atoms with E-state index in [1.54, 1.807) is 0 Å². The maximum atomic E-state index is 9.73. The number of likely N-dealkylation sites (tertiary alicyclic amines) is 1. The molecule has 0 aromatic carbocycles. The molecule has 0 aliphatic carbocycles. The zero-order valence-electron chi connectivity index (χ0n) is 9.53. The number of piperidine rings is 1. The summed E-state index contributed by atoms with van der Waals surface area (Å²) in [4.78, 5) is 2.22. The van der Waals surface area contributed by atoms with Gasteiger partial charge in [-0.25, -0.2) is 0 Å². The standard InChI is InChI=1S/C11H23NO2/c1-11(2,3)8-12-6-4-5-10(14)9(12)7-13/h9-10,13-14H,4-8H2,1-3H3. The van der Waals surface area contributed by atoms with Gasteiger partial charge in [-0.15, -0.1) is 0 Å². The van der Waals surface area contributed by atoms with Crippen LogP contribution in [0.2, 0.25) is 0 Å². The average molecular weight is 201 g/mol. The minimum absolute atomic E-state index is 0.0528. The highest BCUT2D eigenvalue weighted by molar-refractivity contribution is 4.85. The van der Waals surface area contributed by atoms with Crippen molar-refractivity contribution in [2.24, 2.45) is 5.41 Å². The Morgan fingerprint density at radius 1 is 1.36 bits per heavy atom. The van der Waals surface area contributed by atoms with Gasteiger partial charge < -0.3 is 10.2 Å². The first-order valence-electron chi connectivity index (χ1n) is 5.47. The van der Waals surface area contributed by atoms with Gasteiger partial charge in [0.1, 0.15) is 0 Å². The summed E-state index contributed by atoms with van der Waals surface area (Å²) in [6.45, 7) is 8.55. The summed E-state index contributed by atoms with van der Waals surface area (Å²) in [5, 5.41) is 19.0. The van der Waals surface area contributed by atoms with Crippen molar-refractivity contribution in [1.29, 1.82) is 0 Å². The molecule has 1 fully saturated rings. The SMILES string of the molecule is CC(C)(C)CN1CCCC(O)C1CO. The Labute approximate surface area is 86.7 Å². The summed E-state index contributed by atoms with van der Waals surface area (Å²) < 4.78 is 0. The molecule has 0 aromatic rings. The summed E-state index contributed by atoms with van der Waals surface area (Å²) in [6.07, 6.45) is 1.51. The molecule has 2 N–H and O–H groups in total. The van der Waals surface area contributed by atoms with Gasteiger partial charge in [-0.05, 0) is 24.8 Å². The van der Waals surface area contributed by atoms with Crippen LogP contribution in [0.5, 0.6) is 0 Å².